The Hall–Kier alpha value is -2.99. The van der Waals surface area contributed by atoms with Gasteiger partial charge in [0.1, 0.15) is 0 Å². The van der Waals surface area contributed by atoms with E-state index in [2.05, 4.69) is 34.7 Å². The first-order valence-electron chi connectivity index (χ1n) is 8.79. The predicted molar refractivity (Wildman–Crippen MR) is 109 cm³/mol. The van der Waals surface area contributed by atoms with E-state index >= 15 is 0 Å². The maximum atomic E-state index is 12.0. The third-order valence-corrected chi connectivity index (χ3v) is 4.82. The van der Waals surface area contributed by atoms with Crippen molar-refractivity contribution in [3.05, 3.63) is 71.1 Å². The Labute approximate surface area is 162 Å². The van der Waals surface area contributed by atoms with Gasteiger partial charge in [0.05, 0.1) is 18.7 Å². The largest absolute Gasteiger partial charge is 0.347 e. The van der Waals surface area contributed by atoms with Crippen LogP contribution in [0, 0.1) is 0 Å². The van der Waals surface area contributed by atoms with E-state index in [0.717, 1.165) is 23.2 Å². The summed E-state index contributed by atoms with van der Waals surface area (Å²) >= 11 is 1.36. The fraction of sp³-hybridized carbons (Fsp3) is 0.190. The molecule has 2 amide bonds. The molecule has 0 aliphatic carbocycles. The fourth-order valence-corrected chi connectivity index (χ4v) is 3.30. The molecule has 0 radical (unpaired) electrons. The molecule has 2 N–H and O–H groups in total. The molecule has 0 saturated heterocycles. The van der Waals surface area contributed by atoms with Gasteiger partial charge in [-0.1, -0.05) is 61.5 Å². The average molecular weight is 379 g/mol. The molecule has 1 aromatic heterocycles. The van der Waals surface area contributed by atoms with Crippen molar-refractivity contribution >= 4 is 28.3 Å². The molecule has 2 aromatic carbocycles. The summed E-state index contributed by atoms with van der Waals surface area (Å²) in [6, 6.07) is 17.6. The summed E-state index contributed by atoms with van der Waals surface area (Å²) in [5.41, 5.74) is 4.02. The molecule has 0 atom stereocenters. The molecular formula is C21H21N3O2S. The zero-order valence-corrected chi connectivity index (χ0v) is 15.9. The second-order valence-electron chi connectivity index (χ2n) is 6.08. The Bertz CT molecular complexity index is 905. The number of nitrogens with one attached hydrogen (secondary N) is 2. The number of nitrogens with zero attached hydrogens (tertiary/aromatic N) is 1. The van der Waals surface area contributed by atoms with Crippen molar-refractivity contribution in [1.29, 1.82) is 0 Å². The average Bonchev–Trinajstić information content (AvgIpc) is 3.15. The third-order valence-electron chi connectivity index (χ3n) is 4.06. The van der Waals surface area contributed by atoms with E-state index in [1.54, 1.807) is 0 Å². The van der Waals surface area contributed by atoms with Crippen LogP contribution in [0.5, 0.6) is 0 Å². The number of carbonyl (C=O) groups is 2. The van der Waals surface area contributed by atoms with E-state index in [1.165, 1.54) is 16.9 Å². The number of hydrogen-bond acceptors (Lipinski definition) is 4. The number of aryl methyl sites for hydroxylation is 1. The van der Waals surface area contributed by atoms with Crippen molar-refractivity contribution < 1.29 is 9.59 Å². The van der Waals surface area contributed by atoms with Gasteiger partial charge in [0.25, 0.3) is 0 Å². The van der Waals surface area contributed by atoms with E-state index in [1.807, 2.05) is 47.8 Å². The van der Waals surface area contributed by atoms with Gasteiger partial charge in [0, 0.05) is 10.9 Å². The maximum absolute atomic E-state index is 12.0. The van der Waals surface area contributed by atoms with Crippen molar-refractivity contribution in [2.24, 2.45) is 0 Å². The van der Waals surface area contributed by atoms with Crippen LogP contribution in [0.4, 0.5) is 5.13 Å². The Morgan fingerprint density at radius 1 is 0.963 bits per heavy atom. The number of amides is 2. The lowest BCUT2D eigenvalue weighted by atomic mass is 10.1. The third kappa shape index (κ3) is 5.49. The van der Waals surface area contributed by atoms with Crippen molar-refractivity contribution in [1.82, 2.24) is 10.3 Å². The van der Waals surface area contributed by atoms with Gasteiger partial charge >= 0.3 is 0 Å². The van der Waals surface area contributed by atoms with Crippen LogP contribution >= 0.6 is 11.3 Å². The van der Waals surface area contributed by atoms with Crippen molar-refractivity contribution in [2.45, 2.75) is 19.8 Å². The van der Waals surface area contributed by atoms with Crippen molar-refractivity contribution in [2.75, 3.05) is 11.9 Å². The zero-order chi connectivity index (χ0) is 19.1. The van der Waals surface area contributed by atoms with Crippen LogP contribution in [0.3, 0.4) is 0 Å². The van der Waals surface area contributed by atoms with Gasteiger partial charge in [0.2, 0.25) is 11.8 Å². The first-order valence-corrected chi connectivity index (χ1v) is 9.67. The lowest BCUT2D eigenvalue weighted by Gasteiger charge is -2.05. The van der Waals surface area contributed by atoms with Gasteiger partial charge in [-0.2, -0.15) is 0 Å². The number of aromatic nitrogens is 1. The van der Waals surface area contributed by atoms with Gasteiger partial charge in [-0.3, -0.25) is 9.59 Å². The first-order chi connectivity index (χ1) is 13.1. The van der Waals surface area contributed by atoms with Gasteiger partial charge < -0.3 is 10.6 Å². The van der Waals surface area contributed by atoms with Crippen LogP contribution in [0.25, 0.3) is 11.3 Å². The van der Waals surface area contributed by atoms with E-state index < -0.39 is 0 Å². The van der Waals surface area contributed by atoms with Crippen molar-refractivity contribution in [3.8, 4) is 11.3 Å². The Morgan fingerprint density at radius 3 is 2.41 bits per heavy atom. The molecule has 0 aliphatic rings. The molecule has 6 heteroatoms. The smallest absolute Gasteiger partial charge is 0.245 e. The molecule has 0 fully saturated rings. The molecular weight excluding hydrogens is 358 g/mol. The van der Waals surface area contributed by atoms with Crippen LogP contribution in [0.15, 0.2) is 60.0 Å². The molecule has 0 aliphatic heterocycles. The first kappa shape index (κ1) is 18.8. The van der Waals surface area contributed by atoms with Crippen LogP contribution in [-0.4, -0.2) is 23.3 Å². The molecule has 27 heavy (non-hydrogen) atoms. The highest BCUT2D eigenvalue weighted by Crippen LogP contribution is 2.25. The summed E-state index contributed by atoms with van der Waals surface area (Å²) in [6.07, 6.45) is 1.25. The Balaban J connectivity index is 1.49. The normalized spacial score (nSPS) is 10.4. The summed E-state index contributed by atoms with van der Waals surface area (Å²) < 4.78 is 0. The SMILES string of the molecule is CCc1ccc(-c2csc(NC(=O)CNC(=O)Cc3ccccc3)n2)cc1. The quantitative estimate of drug-likeness (QED) is 0.658. The van der Waals surface area contributed by atoms with E-state index in [-0.39, 0.29) is 24.8 Å². The van der Waals surface area contributed by atoms with Crippen LogP contribution < -0.4 is 10.6 Å². The molecule has 5 nitrogen and oxygen atoms in total. The Morgan fingerprint density at radius 2 is 1.70 bits per heavy atom. The second kappa shape index (κ2) is 9.09. The van der Waals surface area contributed by atoms with Crippen molar-refractivity contribution in [3.63, 3.8) is 0 Å². The summed E-state index contributed by atoms with van der Waals surface area (Å²) in [4.78, 5) is 28.4. The van der Waals surface area contributed by atoms with Gasteiger partial charge in [-0.05, 0) is 17.5 Å². The van der Waals surface area contributed by atoms with Gasteiger partial charge in [0.15, 0.2) is 5.13 Å². The summed E-state index contributed by atoms with van der Waals surface area (Å²) in [5.74, 6) is -0.481. The Kier molecular flexibility index (Phi) is 6.33. The molecule has 138 valence electrons. The molecule has 3 rings (SSSR count). The highest BCUT2D eigenvalue weighted by atomic mass is 32.1. The summed E-state index contributed by atoms with van der Waals surface area (Å²) in [6.45, 7) is 2.04. The fourth-order valence-electron chi connectivity index (χ4n) is 2.56. The number of rotatable bonds is 7. The number of thiazole rings is 1. The lowest BCUT2D eigenvalue weighted by molar-refractivity contribution is -0.123. The molecule has 0 saturated carbocycles. The lowest BCUT2D eigenvalue weighted by Crippen LogP contribution is -2.33. The summed E-state index contributed by atoms with van der Waals surface area (Å²) in [7, 11) is 0. The monoisotopic (exact) mass is 379 g/mol. The van der Waals surface area contributed by atoms with Crippen LogP contribution in [0.1, 0.15) is 18.1 Å². The standard InChI is InChI=1S/C21H21N3O2S/c1-2-15-8-10-17(11-9-15)18-14-27-21(23-18)24-20(26)13-22-19(25)12-16-6-4-3-5-7-16/h3-11,14H,2,12-13H2,1H3,(H,22,25)(H,23,24,26). The minimum atomic E-state index is -0.293. The number of anilines is 1. The number of hydrogen-bond donors (Lipinski definition) is 2. The molecule has 0 unspecified atom stereocenters. The molecule has 0 spiro atoms. The highest BCUT2D eigenvalue weighted by molar-refractivity contribution is 7.14. The van der Waals surface area contributed by atoms with E-state index in [4.69, 9.17) is 0 Å². The van der Waals surface area contributed by atoms with Gasteiger partial charge in [-0.15, -0.1) is 11.3 Å². The number of benzene rings is 2. The maximum Gasteiger partial charge on any atom is 0.245 e. The number of carbonyl (C=O) groups excluding carboxylic acids is 2. The molecule has 3 aromatic rings. The summed E-state index contributed by atoms with van der Waals surface area (Å²) in [5, 5.41) is 7.78. The van der Waals surface area contributed by atoms with Crippen LogP contribution in [-0.2, 0) is 22.4 Å². The zero-order valence-electron chi connectivity index (χ0n) is 15.1. The highest BCUT2D eigenvalue weighted by Gasteiger charge is 2.10. The molecule has 1 heterocycles. The topological polar surface area (TPSA) is 71.1 Å². The van der Waals surface area contributed by atoms with E-state index in [0.29, 0.717) is 5.13 Å². The van der Waals surface area contributed by atoms with E-state index in [9.17, 15) is 9.59 Å². The minimum Gasteiger partial charge on any atom is -0.347 e. The van der Waals surface area contributed by atoms with Gasteiger partial charge in [-0.25, -0.2) is 4.98 Å². The molecule has 0 bridgehead atoms. The predicted octanol–water partition coefficient (Wildman–Crippen LogP) is 3.67. The minimum absolute atomic E-state index is 0.0776. The second-order valence-corrected chi connectivity index (χ2v) is 6.93. The van der Waals surface area contributed by atoms with Crippen LogP contribution in [0.2, 0.25) is 0 Å².